The van der Waals surface area contributed by atoms with Gasteiger partial charge in [0.25, 0.3) is 0 Å². The summed E-state index contributed by atoms with van der Waals surface area (Å²) in [5.74, 6) is -1.36. The zero-order chi connectivity index (χ0) is 13.1. The molecule has 2 heterocycles. The van der Waals surface area contributed by atoms with Crippen LogP contribution < -0.4 is 0 Å². The molecule has 0 aliphatic heterocycles. The summed E-state index contributed by atoms with van der Waals surface area (Å²) in [5, 5.41) is 9.66. The highest BCUT2D eigenvalue weighted by molar-refractivity contribution is 6.02. The van der Waals surface area contributed by atoms with Crippen molar-refractivity contribution in [3.05, 3.63) is 30.1 Å². The Labute approximate surface area is 103 Å². The molecule has 0 spiro atoms. The first-order valence-corrected chi connectivity index (χ1v) is 5.40. The number of aromatic nitrogens is 2. The Balaban J connectivity index is 2.33. The van der Waals surface area contributed by atoms with Gasteiger partial charge in [0, 0.05) is 24.7 Å². The molecule has 2 aromatic heterocycles. The lowest BCUT2D eigenvalue weighted by Crippen LogP contribution is -2.08. The van der Waals surface area contributed by atoms with E-state index in [0.717, 1.165) is 0 Å². The third-order valence-electron chi connectivity index (χ3n) is 2.50. The van der Waals surface area contributed by atoms with Crippen molar-refractivity contribution in [2.75, 3.05) is 6.61 Å². The van der Waals surface area contributed by atoms with E-state index in [-0.39, 0.29) is 18.1 Å². The van der Waals surface area contributed by atoms with Crippen LogP contribution in [-0.2, 0) is 16.1 Å². The minimum absolute atomic E-state index is 0.189. The molecule has 6 heteroatoms. The van der Waals surface area contributed by atoms with E-state index in [9.17, 15) is 9.59 Å². The number of aromatic carboxylic acids is 1. The standard InChI is InChI=1S/C12H12N2O4/c1-8(15)18-6-5-14-7-10(12(16)17)9-3-2-4-13-11(9)14/h2-4,7H,5-6H2,1H3,(H,16,17). The van der Waals surface area contributed by atoms with Crippen molar-refractivity contribution in [3.63, 3.8) is 0 Å². The number of carboxylic acid groups (broad SMARTS) is 1. The highest BCUT2D eigenvalue weighted by Gasteiger charge is 2.14. The predicted molar refractivity (Wildman–Crippen MR) is 63.3 cm³/mol. The highest BCUT2D eigenvalue weighted by atomic mass is 16.5. The van der Waals surface area contributed by atoms with Gasteiger partial charge in [0.2, 0.25) is 0 Å². The minimum Gasteiger partial charge on any atom is -0.478 e. The van der Waals surface area contributed by atoms with Gasteiger partial charge >= 0.3 is 11.9 Å². The molecule has 0 aliphatic carbocycles. The molecule has 0 aromatic carbocycles. The molecular weight excluding hydrogens is 236 g/mol. The Morgan fingerprint density at radius 3 is 2.94 bits per heavy atom. The second-order valence-corrected chi connectivity index (χ2v) is 3.76. The minimum atomic E-state index is -1.00. The van der Waals surface area contributed by atoms with Gasteiger partial charge in [-0.2, -0.15) is 0 Å². The fraction of sp³-hybridized carbons (Fsp3) is 0.250. The topological polar surface area (TPSA) is 81.4 Å². The number of fused-ring (bicyclic) bond motifs is 1. The zero-order valence-electron chi connectivity index (χ0n) is 9.79. The van der Waals surface area contributed by atoms with E-state index < -0.39 is 5.97 Å². The van der Waals surface area contributed by atoms with Crippen molar-refractivity contribution in [1.82, 2.24) is 9.55 Å². The average molecular weight is 248 g/mol. The molecule has 2 aromatic rings. The van der Waals surface area contributed by atoms with E-state index in [1.54, 1.807) is 22.9 Å². The van der Waals surface area contributed by atoms with E-state index in [0.29, 0.717) is 17.6 Å². The summed E-state index contributed by atoms with van der Waals surface area (Å²) in [6.45, 7) is 1.89. The second-order valence-electron chi connectivity index (χ2n) is 3.76. The van der Waals surface area contributed by atoms with E-state index in [1.165, 1.54) is 13.1 Å². The quantitative estimate of drug-likeness (QED) is 0.825. The molecule has 0 fully saturated rings. The van der Waals surface area contributed by atoms with Crippen molar-refractivity contribution in [3.8, 4) is 0 Å². The summed E-state index contributed by atoms with van der Waals surface area (Å²) < 4.78 is 6.50. The van der Waals surface area contributed by atoms with Crippen LogP contribution in [0.1, 0.15) is 17.3 Å². The van der Waals surface area contributed by atoms with Crippen molar-refractivity contribution < 1.29 is 19.4 Å². The maximum absolute atomic E-state index is 11.1. The predicted octanol–water partition coefficient (Wildman–Crippen LogP) is 1.30. The summed E-state index contributed by atoms with van der Waals surface area (Å²) in [5.41, 5.74) is 0.767. The lowest BCUT2D eigenvalue weighted by atomic mass is 10.2. The van der Waals surface area contributed by atoms with Gasteiger partial charge in [0.15, 0.2) is 0 Å². The van der Waals surface area contributed by atoms with Crippen LogP contribution in [0.25, 0.3) is 11.0 Å². The first-order valence-electron chi connectivity index (χ1n) is 5.40. The number of nitrogens with zero attached hydrogens (tertiary/aromatic N) is 2. The van der Waals surface area contributed by atoms with Crippen LogP contribution in [0.4, 0.5) is 0 Å². The second kappa shape index (κ2) is 4.87. The van der Waals surface area contributed by atoms with Crippen LogP contribution in [-0.4, -0.2) is 33.2 Å². The number of hydrogen-bond donors (Lipinski definition) is 1. The third kappa shape index (κ3) is 2.32. The van der Waals surface area contributed by atoms with Crippen LogP contribution in [0.15, 0.2) is 24.5 Å². The fourth-order valence-corrected chi connectivity index (χ4v) is 1.75. The summed E-state index contributed by atoms with van der Waals surface area (Å²) in [7, 11) is 0. The van der Waals surface area contributed by atoms with Gasteiger partial charge in [-0.15, -0.1) is 0 Å². The molecule has 0 saturated heterocycles. The van der Waals surface area contributed by atoms with Crippen molar-refractivity contribution in [2.24, 2.45) is 0 Å². The number of ether oxygens (including phenoxy) is 1. The van der Waals surface area contributed by atoms with Gasteiger partial charge in [-0.05, 0) is 12.1 Å². The SMILES string of the molecule is CC(=O)OCCn1cc(C(=O)O)c2cccnc21. The van der Waals surface area contributed by atoms with Crippen LogP contribution in [0, 0.1) is 0 Å². The van der Waals surface area contributed by atoms with Gasteiger partial charge in [-0.3, -0.25) is 4.79 Å². The van der Waals surface area contributed by atoms with Crippen LogP contribution in [0.2, 0.25) is 0 Å². The normalized spacial score (nSPS) is 10.5. The number of carboxylic acids is 1. The van der Waals surface area contributed by atoms with Crippen LogP contribution in [0.5, 0.6) is 0 Å². The molecule has 0 unspecified atom stereocenters. The zero-order valence-corrected chi connectivity index (χ0v) is 9.79. The largest absolute Gasteiger partial charge is 0.478 e. The molecule has 1 N–H and O–H groups in total. The Kier molecular flexibility index (Phi) is 3.27. The molecule has 0 amide bonds. The first-order chi connectivity index (χ1) is 8.59. The summed E-state index contributed by atoms with van der Waals surface area (Å²) in [6.07, 6.45) is 3.10. The van der Waals surface area contributed by atoms with Crippen molar-refractivity contribution in [1.29, 1.82) is 0 Å². The van der Waals surface area contributed by atoms with E-state index in [4.69, 9.17) is 9.84 Å². The van der Waals surface area contributed by atoms with Gasteiger partial charge in [-0.25, -0.2) is 9.78 Å². The Hall–Kier alpha value is -2.37. The van der Waals surface area contributed by atoms with Crippen molar-refractivity contribution in [2.45, 2.75) is 13.5 Å². The maximum Gasteiger partial charge on any atom is 0.337 e. The molecule has 18 heavy (non-hydrogen) atoms. The molecule has 0 aliphatic rings. The molecule has 0 atom stereocenters. The Morgan fingerprint density at radius 1 is 1.50 bits per heavy atom. The first kappa shape index (κ1) is 12.1. The summed E-state index contributed by atoms with van der Waals surface area (Å²) >= 11 is 0. The summed E-state index contributed by atoms with van der Waals surface area (Å²) in [4.78, 5) is 25.9. The molecule has 94 valence electrons. The van der Waals surface area contributed by atoms with Crippen molar-refractivity contribution >= 4 is 23.0 Å². The van der Waals surface area contributed by atoms with Gasteiger partial charge in [-0.1, -0.05) is 0 Å². The molecule has 0 bridgehead atoms. The number of rotatable bonds is 4. The smallest absolute Gasteiger partial charge is 0.337 e. The number of carbonyl (C=O) groups excluding carboxylic acids is 1. The molecular formula is C12H12N2O4. The molecule has 2 rings (SSSR count). The Morgan fingerprint density at radius 2 is 2.28 bits per heavy atom. The number of pyridine rings is 1. The van der Waals surface area contributed by atoms with Gasteiger partial charge < -0.3 is 14.4 Å². The van der Waals surface area contributed by atoms with E-state index in [1.807, 2.05) is 0 Å². The number of hydrogen-bond acceptors (Lipinski definition) is 4. The van der Waals surface area contributed by atoms with Crippen LogP contribution >= 0.6 is 0 Å². The molecule has 6 nitrogen and oxygen atoms in total. The highest BCUT2D eigenvalue weighted by Crippen LogP contribution is 2.19. The Bertz CT molecular complexity index is 603. The number of esters is 1. The van der Waals surface area contributed by atoms with Crippen LogP contribution in [0.3, 0.4) is 0 Å². The molecule has 0 radical (unpaired) electrons. The van der Waals surface area contributed by atoms with Gasteiger partial charge in [0.1, 0.15) is 12.3 Å². The average Bonchev–Trinajstić information content (AvgIpc) is 2.68. The number of carbonyl (C=O) groups is 2. The lowest BCUT2D eigenvalue weighted by molar-refractivity contribution is -0.141. The van der Waals surface area contributed by atoms with E-state index >= 15 is 0 Å². The third-order valence-corrected chi connectivity index (χ3v) is 2.50. The monoisotopic (exact) mass is 248 g/mol. The maximum atomic E-state index is 11.1. The summed E-state index contributed by atoms with van der Waals surface area (Å²) in [6, 6.07) is 3.39. The lowest BCUT2D eigenvalue weighted by Gasteiger charge is -2.04. The molecule has 0 saturated carbocycles. The van der Waals surface area contributed by atoms with E-state index in [2.05, 4.69) is 4.98 Å². The fourth-order valence-electron chi connectivity index (χ4n) is 1.75. The van der Waals surface area contributed by atoms with Gasteiger partial charge in [0.05, 0.1) is 12.1 Å².